The van der Waals surface area contributed by atoms with Gasteiger partial charge in [0.1, 0.15) is 0 Å². The fourth-order valence-corrected chi connectivity index (χ4v) is 0.909. The van der Waals surface area contributed by atoms with Crippen LogP contribution in [0.2, 0.25) is 0 Å². The molecule has 0 spiro atoms. The van der Waals surface area contributed by atoms with E-state index in [2.05, 4.69) is 4.98 Å². The van der Waals surface area contributed by atoms with E-state index in [-0.39, 0.29) is 6.17 Å². The number of hydrogen-bond donors (Lipinski definition) is 0. The maximum Gasteiger partial charge on any atom is 0.0847 e. The average molecular weight is 131 g/mol. The SMILES string of the molecule is [2H]c1ccc2ccnc([2H])c2c1. The van der Waals surface area contributed by atoms with E-state index >= 15 is 0 Å². The molecule has 1 heteroatoms. The molecule has 0 fully saturated rings. The predicted molar refractivity (Wildman–Crippen MR) is 41.7 cm³/mol. The lowest BCUT2D eigenvalue weighted by Gasteiger charge is -1.91. The van der Waals surface area contributed by atoms with Gasteiger partial charge in [0, 0.05) is 12.4 Å². The second kappa shape index (κ2) is 2.10. The van der Waals surface area contributed by atoms with Gasteiger partial charge in [0.2, 0.25) is 0 Å². The van der Waals surface area contributed by atoms with E-state index in [4.69, 9.17) is 2.74 Å². The Bertz CT molecular complexity index is 426. The van der Waals surface area contributed by atoms with Crippen molar-refractivity contribution in [3.05, 3.63) is 42.7 Å². The van der Waals surface area contributed by atoms with E-state index < -0.39 is 0 Å². The number of rotatable bonds is 0. The van der Waals surface area contributed by atoms with Gasteiger partial charge < -0.3 is 0 Å². The standard InChI is InChI=1S/C9H7N/c1-2-4-9-7-10-6-5-8(9)3-1/h1-7H/i2D,7D. The van der Waals surface area contributed by atoms with Gasteiger partial charge in [-0.3, -0.25) is 4.98 Å². The summed E-state index contributed by atoms with van der Waals surface area (Å²) in [6.07, 6.45) is 1.84. The topological polar surface area (TPSA) is 12.9 Å². The third kappa shape index (κ3) is 0.760. The molecule has 1 nitrogen and oxygen atoms in total. The van der Waals surface area contributed by atoms with Gasteiger partial charge in [-0.25, -0.2) is 0 Å². The number of hydrogen-bond acceptors (Lipinski definition) is 1. The molecule has 2 rings (SSSR count). The van der Waals surface area contributed by atoms with Crippen LogP contribution in [0.4, 0.5) is 0 Å². The third-order valence-corrected chi connectivity index (χ3v) is 1.41. The van der Waals surface area contributed by atoms with Crippen molar-refractivity contribution in [1.82, 2.24) is 4.98 Å². The normalized spacial score (nSPS) is 12.8. The van der Waals surface area contributed by atoms with E-state index in [0.717, 1.165) is 10.8 Å². The van der Waals surface area contributed by atoms with E-state index in [9.17, 15) is 0 Å². The summed E-state index contributed by atoms with van der Waals surface area (Å²) in [6.45, 7) is 0. The first-order valence-corrected chi connectivity index (χ1v) is 3.09. The molecule has 0 unspecified atom stereocenters. The van der Waals surface area contributed by atoms with Crippen LogP contribution in [0.25, 0.3) is 10.8 Å². The van der Waals surface area contributed by atoms with Crippen molar-refractivity contribution in [2.45, 2.75) is 0 Å². The molecule has 48 valence electrons. The zero-order chi connectivity index (χ0) is 8.55. The number of fused-ring (bicyclic) bond motifs is 1. The van der Waals surface area contributed by atoms with Crippen LogP contribution < -0.4 is 0 Å². The van der Waals surface area contributed by atoms with E-state index in [1.165, 1.54) is 0 Å². The van der Waals surface area contributed by atoms with Gasteiger partial charge in [-0.1, -0.05) is 24.2 Å². The van der Waals surface area contributed by atoms with Crippen molar-refractivity contribution in [2.75, 3.05) is 0 Å². The van der Waals surface area contributed by atoms with Crippen LogP contribution >= 0.6 is 0 Å². The minimum absolute atomic E-state index is 0.238. The van der Waals surface area contributed by atoms with Crippen LogP contribution in [0.3, 0.4) is 0 Å². The van der Waals surface area contributed by atoms with Crippen LogP contribution in [0.5, 0.6) is 0 Å². The Morgan fingerprint density at radius 3 is 3.20 bits per heavy atom. The van der Waals surface area contributed by atoms with Crippen LogP contribution in [0.15, 0.2) is 42.7 Å². The Labute approximate surface area is 62.1 Å². The maximum atomic E-state index is 7.47. The lowest BCUT2D eigenvalue weighted by Crippen LogP contribution is -1.71. The molecule has 1 aromatic heterocycles. The van der Waals surface area contributed by atoms with Crippen molar-refractivity contribution < 1.29 is 2.74 Å². The summed E-state index contributed by atoms with van der Waals surface area (Å²) in [4.78, 5) is 3.83. The number of benzene rings is 1. The quantitative estimate of drug-likeness (QED) is 0.534. The van der Waals surface area contributed by atoms with Gasteiger partial charge in [-0.2, -0.15) is 0 Å². The molecule has 0 N–H and O–H groups in total. The Morgan fingerprint density at radius 1 is 1.20 bits per heavy atom. The first-order chi connectivity index (χ1) is 5.77. The molecule has 0 bridgehead atoms. The summed E-state index contributed by atoms with van der Waals surface area (Å²) in [5, 5.41) is 1.70. The number of nitrogens with zero attached hydrogens (tertiary/aromatic N) is 1. The van der Waals surface area contributed by atoms with Crippen LogP contribution in [0, 0.1) is 0 Å². The van der Waals surface area contributed by atoms with Gasteiger partial charge in [0.15, 0.2) is 0 Å². The average Bonchev–Trinajstić information content (AvgIpc) is 2.07. The predicted octanol–water partition coefficient (Wildman–Crippen LogP) is 2.23. The molecule has 0 saturated heterocycles. The Morgan fingerprint density at radius 2 is 2.20 bits per heavy atom. The zero-order valence-corrected chi connectivity index (χ0v) is 5.33. The van der Waals surface area contributed by atoms with E-state index in [1.807, 2.05) is 12.1 Å². The lowest BCUT2D eigenvalue weighted by molar-refractivity contribution is 1.36. The van der Waals surface area contributed by atoms with Gasteiger partial charge in [-0.05, 0) is 16.8 Å². The number of pyridine rings is 1. The molecule has 0 aliphatic heterocycles. The summed E-state index contributed by atoms with van der Waals surface area (Å²) in [6, 6.07) is 7.46. The maximum absolute atomic E-state index is 7.47. The molecule has 1 heterocycles. The van der Waals surface area contributed by atoms with Crippen LogP contribution in [-0.2, 0) is 0 Å². The first kappa shape index (κ1) is 3.71. The molecular formula is C9H7N. The van der Waals surface area contributed by atoms with E-state index in [0.29, 0.717) is 6.04 Å². The summed E-state index contributed by atoms with van der Waals surface area (Å²) in [5.41, 5.74) is 0. The summed E-state index contributed by atoms with van der Waals surface area (Å²) < 4.78 is 14.8. The minimum atomic E-state index is 0.238. The monoisotopic (exact) mass is 131 g/mol. The van der Waals surface area contributed by atoms with Crippen molar-refractivity contribution >= 4 is 10.8 Å². The summed E-state index contributed by atoms with van der Waals surface area (Å²) in [7, 11) is 0. The van der Waals surface area contributed by atoms with Crippen LogP contribution in [0.1, 0.15) is 2.74 Å². The highest BCUT2D eigenvalue weighted by Crippen LogP contribution is 2.09. The smallest absolute Gasteiger partial charge is 0.0847 e. The molecule has 0 saturated carbocycles. The Kier molecular flexibility index (Phi) is 0.781. The van der Waals surface area contributed by atoms with Crippen molar-refractivity contribution in [2.24, 2.45) is 0 Å². The second-order valence-electron chi connectivity index (χ2n) is 2.07. The van der Waals surface area contributed by atoms with Gasteiger partial charge in [0.25, 0.3) is 0 Å². The Hall–Kier alpha value is -1.37. The minimum Gasteiger partial charge on any atom is -0.264 e. The molecule has 2 aromatic rings. The van der Waals surface area contributed by atoms with Crippen molar-refractivity contribution in [3.8, 4) is 0 Å². The molecule has 0 aliphatic rings. The molecule has 1 aromatic carbocycles. The van der Waals surface area contributed by atoms with Crippen molar-refractivity contribution in [3.63, 3.8) is 0 Å². The highest BCUT2D eigenvalue weighted by atomic mass is 14.6. The molecular weight excluding hydrogens is 122 g/mol. The van der Waals surface area contributed by atoms with Gasteiger partial charge in [0.05, 0.1) is 2.74 Å². The largest absolute Gasteiger partial charge is 0.264 e. The van der Waals surface area contributed by atoms with E-state index in [1.54, 1.807) is 18.3 Å². The summed E-state index contributed by atoms with van der Waals surface area (Å²) in [5.74, 6) is 0. The second-order valence-corrected chi connectivity index (χ2v) is 2.07. The lowest BCUT2D eigenvalue weighted by atomic mass is 10.2. The molecule has 0 atom stereocenters. The third-order valence-electron chi connectivity index (χ3n) is 1.41. The highest BCUT2D eigenvalue weighted by Gasteiger charge is 1.86. The van der Waals surface area contributed by atoms with Crippen molar-refractivity contribution in [1.29, 1.82) is 0 Å². The van der Waals surface area contributed by atoms with Gasteiger partial charge in [-0.15, -0.1) is 0 Å². The fraction of sp³-hybridized carbons (Fsp3) is 0. The summed E-state index contributed by atoms with van der Waals surface area (Å²) >= 11 is 0. The Balaban J connectivity index is 2.88. The highest BCUT2D eigenvalue weighted by molar-refractivity contribution is 5.80. The van der Waals surface area contributed by atoms with Gasteiger partial charge >= 0.3 is 0 Å². The molecule has 0 radical (unpaired) electrons. The first-order valence-electron chi connectivity index (χ1n) is 4.09. The van der Waals surface area contributed by atoms with Crippen LogP contribution in [-0.4, -0.2) is 4.98 Å². The fourth-order valence-electron chi connectivity index (χ4n) is 0.909. The molecule has 0 amide bonds. The zero-order valence-electron chi connectivity index (χ0n) is 7.33. The molecule has 10 heavy (non-hydrogen) atoms. The molecule has 0 aliphatic carbocycles. The number of aromatic nitrogens is 1.